The number of imidazole rings is 3. The number of aliphatic hydroxyl groups is 5. The number of alkyl halides is 1. The number of aliphatic hydroxyl groups excluding tert-OH is 1. The molecule has 0 fully saturated rings. The van der Waals surface area contributed by atoms with Crippen LogP contribution >= 0.6 is 80.6 Å². The van der Waals surface area contributed by atoms with Gasteiger partial charge in [-0.1, -0.05) is 31.6 Å². The quantitative estimate of drug-likeness (QED) is 0.00736. The van der Waals surface area contributed by atoms with E-state index in [9.17, 15) is 110 Å². The van der Waals surface area contributed by atoms with Crippen molar-refractivity contribution in [3.05, 3.63) is 93.4 Å². The number of carbonyl (C=O) groups is 6. The Balaban J connectivity index is -0.000000151. The van der Waals surface area contributed by atoms with E-state index in [0.717, 1.165) is 83.5 Å². The molecule has 0 amide bonds. The van der Waals surface area contributed by atoms with Gasteiger partial charge in [0, 0.05) is 24.8 Å². The predicted molar refractivity (Wildman–Crippen MR) is 378 cm³/mol. The Morgan fingerprint density at radius 2 is 0.967 bits per heavy atom. The summed E-state index contributed by atoms with van der Waals surface area (Å²) in [6, 6.07) is 0. The SMILES string of the molecule is C.CC(O)(C[n+]1ccn(CC(O)(P(=O)(O)O)P(=O)(O)O)c1)P(=O)(O)O.COC(=O)CCl.COC(=O)C[N+]1=C[NH+](CC(=O)OC)C=C1.C[Si](C)(C)n1ccnc1.O.O=C(O)C[N+]1=C[NH+](CC(=O)O)C=C1.O=C(O)C[n+]1ccn(CC(O)(P(=O)(O)O)P(=O)(O)O)c1.O=P([O-])(O)C(O)CN1C=CN(CC(O)(P(=O)([O-])[O-])P(=O)([O-])O)C1.O=[P+]([O-])[O-].[Cl-].[Cl-].[Cl-].[Cl-].[Na+].[OH-]. The number of carbonyl (C=O) groups excluding carboxylic acids is 3. The molecule has 0 saturated carbocycles. The number of esters is 3. The number of halogens is 5. The summed E-state index contributed by atoms with van der Waals surface area (Å²) in [4.78, 5) is 238. The van der Waals surface area contributed by atoms with Gasteiger partial charge in [0.15, 0.2) is 60.5 Å². The van der Waals surface area contributed by atoms with E-state index in [4.69, 9.17) is 100.0 Å². The maximum absolute atomic E-state index is 11.3. The second-order valence-corrected chi connectivity index (χ2v) is 45.2. The number of β-amino-alcohol motifs (C(OH)–C–C–N with tert-alkyl or cyclic N) is 2. The molecule has 3 aliphatic rings. The molecule has 122 heavy (non-hydrogen) atoms. The second-order valence-electron chi connectivity index (χ2n) is 23.9. The molecule has 0 aliphatic carbocycles. The van der Waals surface area contributed by atoms with Gasteiger partial charge in [-0.15, -0.1) is 20.8 Å². The fourth-order valence-corrected chi connectivity index (χ4v) is 15.4. The van der Waals surface area contributed by atoms with Crippen LogP contribution < -0.4 is 127 Å². The molecule has 58 nitrogen and oxygen atoms in total. The molecule has 0 spiro atoms. The first-order valence-electron chi connectivity index (χ1n) is 30.0. The Morgan fingerprint density at radius 3 is 1.27 bits per heavy atom. The average molecular weight is 2080 g/mol. The molecule has 6 rings (SSSR count). The molecule has 74 heteroatoms. The summed E-state index contributed by atoms with van der Waals surface area (Å²) >= 11 is 4.98. The van der Waals surface area contributed by atoms with Crippen LogP contribution in [0.2, 0.25) is 19.6 Å². The summed E-state index contributed by atoms with van der Waals surface area (Å²) in [7, 11) is -45.0. The van der Waals surface area contributed by atoms with Gasteiger partial charge in [-0.3, -0.25) is 27.6 Å². The first-order valence-corrected chi connectivity index (χ1v) is 47.9. The van der Waals surface area contributed by atoms with Crippen molar-refractivity contribution in [2.24, 2.45) is 0 Å². The number of carboxylic acid groups (broad SMARTS) is 3. The molecule has 6 heterocycles. The van der Waals surface area contributed by atoms with Crippen molar-refractivity contribution in [2.75, 3.05) is 73.1 Å². The van der Waals surface area contributed by atoms with Crippen molar-refractivity contribution in [2.45, 2.75) is 86.6 Å². The van der Waals surface area contributed by atoms with Crippen molar-refractivity contribution in [1.29, 1.82) is 0 Å². The van der Waals surface area contributed by atoms with Gasteiger partial charge in [-0.2, -0.15) is 0 Å². The first kappa shape index (κ1) is 139. The maximum Gasteiger partial charge on any atom is 1.00 e. The standard InChI is InChI=1S/C9H13N2O4.C8H17N2O11P3.C7H17N2O11P3.C7H12N2O9P2.C7H8N2O4.C6H12N2Si.C3H5ClO2.CH4.4ClH.Na.HO3P.2H2O/c1-14-8(12)5-10-3-4-11(7-10)6-9(13)15-2;1-7(11,22(13,14)15)4-9-2-3-10(6-9)5-8(12,23(16,17)18)24(19,20)21;10-6(21(12,13)14)3-8-1-2-9(5-8)4-7(11,22(15,16)17)23(18,19)20;10-6(11)3-8-1-2-9(5-8)4-7(12,19(13,14)15)20(16,17)18;10-6(11)3-8-1-2-9(5-8)4-7(12)13;1-9(2,3)8-5-4-7-6-8;1-6-3(5)2-4;;;;;;;1-4(2)3;;/h3-4,7H,5-6H2,1-2H3;2-3,6,11-12H,4-5H2,1H3,(H5-,13,14,15,16,17,18,19,20,21);1-2,6,10-11H,3-5H2,(H2,12,13,14)(H2,15,16,17)(H2,18,19,20);1-2,5,12H,3-4H2,(H4-,10,11,13,14,15,16,17,18);1-2,5H,3-4H2,(H-,10,11,12,13);4-6H,1-3H3;2H2,1H3;1H4;4*1H;;(H,1,2,3);2*1H2/q+1;;;;;;;;;;;;+1;;;/p-5. The zero-order chi connectivity index (χ0) is 89.8. The van der Waals surface area contributed by atoms with Crippen molar-refractivity contribution in [3.8, 4) is 0 Å². The topological polar surface area (TPSA) is 945 Å². The number of hydrogen-bond acceptors (Lipinski definition) is 33. The number of ether oxygens (including phenoxy) is 3. The fourth-order valence-electron chi connectivity index (χ4n) is 7.58. The van der Waals surface area contributed by atoms with Crippen LogP contribution in [0.15, 0.2) is 93.4 Å². The summed E-state index contributed by atoms with van der Waals surface area (Å²) < 4.78 is 119. The number of aromatic nitrogens is 6. The van der Waals surface area contributed by atoms with Gasteiger partial charge in [0.25, 0.3) is 8.25 Å². The largest absolute Gasteiger partial charge is 1.00 e. The Hall–Kier alpha value is -3.86. The molecule has 0 radical (unpaired) electrons. The molecule has 7 unspecified atom stereocenters. The minimum absolute atomic E-state index is 0. The van der Waals surface area contributed by atoms with Crippen LogP contribution in [0.3, 0.4) is 0 Å². The molecule has 0 saturated heterocycles. The summed E-state index contributed by atoms with van der Waals surface area (Å²) in [5.41, 5.74) is 0. The molecule has 7 atom stereocenters. The molecule has 3 aromatic rings. The van der Waals surface area contributed by atoms with E-state index in [-0.39, 0.29) is 142 Å². The van der Waals surface area contributed by atoms with Crippen molar-refractivity contribution >= 4 is 137 Å². The van der Waals surface area contributed by atoms with Gasteiger partial charge in [0.1, 0.15) is 56.1 Å². The molecule has 0 bridgehead atoms. The number of quaternary nitrogens is 2. The fraction of sp³-hybridized carbons (Fsp3) is 0.521. The van der Waals surface area contributed by atoms with E-state index in [1.807, 2.05) is 18.7 Å². The van der Waals surface area contributed by atoms with E-state index in [1.165, 1.54) is 38.4 Å². The normalized spacial score (nSPS) is 16.1. The van der Waals surface area contributed by atoms with Gasteiger partial charge in [-0.05, 0) is 14.5 Å². The van der Waals surface area contributed by atoms with E-state index < -0.39 is 174 Å². The predicted octanol–water partition coefficient (Wildman–Crippen LogP) is -29.2. The number of nitrogens with one attached hydrogen (secondary N) is 2. The molecular weight excluding hydrogens is 1990 g/mol. The van der Waals surface area contributed by atoms with Crippen LogP contribution in [-0.2, 0) is 110 Å². The minimum Gasteiger partial charge on any atom is -1.00 e. The monoisotopic (exact) mass is 2080 g/mol. The van der Waals surface area contributed by atoms with Crippen molar-refractivity contribution < 1.29 is 331 Å². The smallest absolute Gasteiger partial charge is 1.00 e. The molecule has 0 aromatic carbocycles. The third-order valence-corrected chi connectivity index (χ3v) is 28.9. The van der Waals surface area contributed by atoms with E-state index in [1.54, 1.807) is 35.7 Å². The third kappa shape index (κ3) is 50.2. The van der Waals surface area contributed by atoms with Crippen LogP contribution in [0.1, 0.15) is 14.4 Å². The van der Waals surface area contributed by atoms with Crippen molar-refractivity contribution in [1.82, 2.24) is 28.2 Å². The van der Waals surface area contributed by atoms with Crippen LogP contribution in [0, 0.1) is 0 Å². The molecular formula is C48H92Cl5N12NaO46P9Si-3. The molecule has 25 N–H and O–H groups in total. The van der Waals surface area contributed by atoms with Crippen LogP contribution in [0.4, 0.5) is 0 Å². The van der Waals surface area contributed by atoms with Crippen LogP contribution in [-0.4, -0.2) is 304 Å². The van der Waals surface area contributed by atoms with Gasteiger partial charge in [0.2, 0.25) is 43.5 Å². The van der Waals surface area contributed by atoms with Gasteiger partial charge in [-0.25, -0.2) is 57.0 Å². The summed E-state index contributed by atoms with van der Waals surface area (Å²) in [5, 5.41) is 59.6. The Labute approximate surface area is 745 Å². The van der Waals surface area contributed by atoms with E-state index >= 15 is 0 Å². The Bertz CT molecular complexity index is 4250. The number of aliphatic carboxylic acids is 3. The minimum atomic E-state index is -6.18. The van der Waals surface area contributed by atoms with Gasteiger partial charge in [0.05, 0.1) is 47.4 Å². The number of nitrogens with zero attached hydrogens (tertiary/aromatic N) is 10. The van der Waals surface area contributed by atoms with Crippen molar-refractivity contribution in [3.63, 3.8) is 0 Å². The van der Waals surface area contributed by atoms with E-state index in [2.05, 4.69) is 43.1 Å². The summed E-state index contributed by atoms with van der Waals surface area (Å²) in [6.45, 7) is 2.05. The summed E-state index contributed by atoms with van der Waals surface area (Å²) in [6.07, 6.45) is 24.1. The number of rotatable bonds is 30. The summed E-state index contributed by atoms with van der Waals surface area (Å²) in [5.74, 6) is -6.30. The Kier molecular flexibility index (Phi) is 66.6. The second kappa shape index (κ2) is 58.6. The molecule has 3 aromatic heterocycles. The van der Waals surface area contributed by atoms with Gasteiger partial charge < -0.3 is 231 Å². The van der Waals surface area contributed by atoms with E-state index in [0.29, 0.717) is 4.90 Å². The zero-order valence-corrected chi connectivity index (χ0v) is 78.3. The number of methoxy groups -OCH3 is 3. The first-order chi connectivity index (χ1) is 51.2. The maximum atomic E-state index is 11.3. The van der Waals surface area contributed by atoms with Crippen LogP contribution in [0.25, 0.3) is 0 Å². The third-order valence-electron chi connectivity index (χ3n) is 13.5. The molecule has 708 valence electrons. The van der Waals surface area contributed by atoms with Crippen LogP contribution in [0.5, 0.6) is 0 Å². The molecule has 3 aliphatic heterocycles. The Morgan fingerprint density at radius 1 is 0.590 bits per heavy atom. The van der Waals surface area contributed by atoms with Gasteiger partial charge >= 0.3 is 126 Å². The average Bonchev–Trinajstić information content (AvgIpc) is 1.17. The number of carboxylic acids is 3. The zero-order valence-electron chi connectivity index (χ0n) is 63.5. The number of hydrogen-bond donors (Lipinski definition) is 22.